The number of piperidine rings is 1. The van der Waals surface area contributed by atoms with Crippen LogP contribution >= 0.6 is 0 Å². The molecule has 5 nitrogen and oxygen atoms in total. The highest BCUT2D eigenvalue weighted by atomic mass is 16.1. The first kappa shape index (κ1) is 14.9. The first-order chi connectivity index (χ1) is 7.06. The van der Waals surface area contributed by atoms with Crippen LogP contribution in [0.4, 0.5) is 0 Å². The average molecular weight is 226 g/mol. The second-order valence-electron chi connectivity index (χ2n) is 4.18. The lowest BCUT2D eigenvalue weighted by Gasteiger charge is -2.34. The number of primary amides is 1. The fraction of sp³-hybridized carbons (Fsp3) is 0.818. The quantitative estimate of drug-likeness (QED) is 0.716. The molecule has 5 heteroatoms. The van der Waals surface area contributed by atoms with E-state index in [4.69, 9.17) is 16.7 Å². The lowest BCUT2D eigenvalue weighted by Crippen LogP contribution is -2.49. The normalized spacial score (nSPS) is 19.5. The summed E-state index contributed by atoms with van der Waals surface area (Å²) >= 11 is 0. The topological polar surface area (TPSA) is 96.1 Å². The fourth-order valence-electron chi connectivity index (χ4n) is 1.76. The number of carbonyl (C=O) groups excluding carboxylic acids is 1. The van der Waals surface area contributed by atoms with Crippen molar-refractivity contribution in [1.29, 1.82) is 5.26 Å². The summed E-state index contributed by atoms with van der Waals surface area (Å²) in [5.41, 5.74) is 10.2. The number of rotatable bonds is 4. The smallest absolute Gasteiger partial charge is 0.217 e. The van der Waals surface area contributed by atoms with Crippen molar-refractivity contribution in [2.24, 2.45) is 11.5 Å². The molecule has 0 bridgehead atoms. The summed E-state index contributed by atoms with van der Waals surface area (Å²) in [5.74, 6) is -0.253. The largest absolute Gasteiger partial charge is 0.370 e. The highest BCUT2D eigenvalue weighted by molar-refractivity contribution is 5.73. The molecule has 0 radical (unpaired) electrons. The van der Waals surface area contributed by atoms with Gasteiger partial charge in [-0.05, 0) is 25.8 Å². The van der Waals surface area contributed by atoms with Gasteiger partial charge in [-0.1, -0.05) is 7.43 Å². The average Bonchev–Trinajstić information content (AvgIpc) is 2.21. The number of likely N-dealkylation sites (tertiary alicyclic amines) is 1. The summed E-state index contributed by atoms with van der Waals surface area (Å²) in [4.78, 5) is 12.8. The van der Waals surface area contributed by atoms with Crippen LogP contribution in [0, 0.1) is 11.3 Å². The Morgan fingerprint density at radius 1 is 1.44 bits per heavy atom. The van der Waals surface area contributed by atoms with Gasteiger partial charge in [0.2, 0.25) is 5.91 Å². The molecule has 0 aromatic heterocycles. The molecule has 1 heterocycles. The minimum atomic E-state index is -0.639. The van der Waals surface area contributed by atoms with E-state index in [1.54, 1.807) is 0 Å². The van der Waals surface area contributed by atoms with Gasteiger partial charge in [0.05, 0.1) is 6.07 Å². The molecule has 0 aromatic rings. The number of carbonyl (C=O) groups is 1. The minimum absolute atomic E-state index is 0. The van der Waals surface area contributed by atoms with Gasteiger partial charge in [-0.15, -0.1) is 0 Å². The van der Waals surface area contributed by atoms with Gasteiger partial charge in [-0.3, -0.25) is 4.79 Å². The van der Waals surface area contributed by atoms with Gasteiger partial charge >= 0.3 is 0 Å². The Bertz CT molecular complexity index is 264. The molecule has 0 aromatic carbocycles. The molecule has 0 saturated carbocycles. The van der Waals surface area contributed by atoms with E-state index in [1.165, 1.54) is 0 Å². The zero-order valence-corrected chi connectivity index (χ0v) is 8.91. The summed E-state index contributed by atoms with van der Waals surface area (Å²) in [6.45, 7) is 2.54. The van der Waals surface area contributed by atoms with Crippen LogP contribution in [0.2, 0.25) is 0 Å². The van der Waals surface area contributed by atoms with Crippen molar-refractivity contribution in [2.75, 3.05) is 19.6 Å². The maximum absolute atomic E-state index is 10.5. The van der Waals surface area contributed by atoms with Crippen molar-refractivity contribution in [2.45, 2.75) is 38.6 Å². The summed E-state index contributed by atoms with van der Waals surface area (Å²) in [6.07, 6.45) is 2.64. The number of hydrogen-bond acceptors (Lipinski definition) is 4. The zero-order valence-electron chi connectivity index (χ0n) is 8.91. The molecule has 92 valence electrons. The van der Waals surface area contributed by atoms with Crippen molar-refractivity contribution >= 4 is 5.91 Å². The van der Waals surface area contributed by atoms with E-state index in [0.29, 0.717) is 19.3 Å². The number of hydrogen-bond donors (Lipinski definition) is 2. The van der Waals surface area contributed by atoms with Crippen molar-refractivity contribution in [3.8, 4) is 6.07 Å². The summed E-state index contributed by atoms with van der Waals surface area (Å²) < 4.78 is 0. The van der Waals surface area contributed by atoms with Crippen LogP contribution < -0.4 is 11.5 Å². The van der Waals surface area contributed by atoms with Crippen LogP contribution in [0.5, 0.6) is 0 Å². The molecular weight excluding hydrogens is 204 g/mol. The van der Waals surface area contributed by atoms with Crippen molar-refractivity contribution in [3.05, 3.63) is 0 Å². The molecule has 1 amide bonds. The molecule has 0 unspecified atom stereocenters. The Kier molecular flexibility index (Phi) is 6.01. The SMILES string of the molecule is C.N#CC1(N)CCN(CCCC(N)=O)CC1. The van der Waals surface area contributed by atoms with Gasteiger partial charge in [-0.25, -0.2) is 0 Å². The van der Waals surface area contributed by atoms with Crippen molar-refractivity contribution < 1.29 is 4.79 Å². The van der Waals surface area contributed by atoms with E-state index in [2.05, 4.69) is 11.0 Å². The van der Waals surface area contributed by atoms with E-state index < -0.39 is 5.54 Å². The molecule has 0 spiro atoms. The monoisotopic (exact) mass is 226 g/mol. The van der Waals surface area contributed by atoms with Crippen LogP contribution in [0.15, 0.2) is 0 Å². The number of nitrogens with zero attached hydrogens (tertiary/aromatic N) is 2. The Hall–Kier alpha value is -1.12. The van der Waals surface area contributed by atoms with Crippen LogP contribution in [-0.2, 0) is 4.79 Å². The number of nitriles is 1. The molecule has 0 atom stereocenters. The Balaban J connectivity index is 0.00000225. The second kappa shape index (κ2) is 6.46. The molecular formula is C11H22N4O. The second-order valence-corrected chi connectivity index (χ2v) is 4.18. The summed E-state index contributed by atoms with van der Waals surface area (Å²) in [6, 6.07) is 2.15. The van der Waals surface area contributed by atoms with Crippen LogP contribution in [0.25, 0.3) is 0 Å². The van der Waals surface area contributed by atoms with Crippen molar-refractivity contribution in [1.82, 2.24) is 4.90 Å². The maximum atomic E-state index is 10.5. The first-order valence-electron chi connectivity index (χ1n) is 5.26. The minimum Gasteiger partial charge on any atom is -0.370 e. The van der Waals surface area contributed by atoms with Crippen LogP contribution in [-0.4, -0.2) is 36.0 Å². The van der Waals surface area contributed by atoms with E-state index in [-0.39, 0.29) is 13.3 Å². The third-order valence-electron chi connectivity index (χ3n) is 2.87. The van der Waals surface area contributed by atoms with Gasteiger partial charge in [0.15, 0.2) is 0 Å². The molecule has 4 N–H and O–H groups in total. The van der Waals surface area contributed by atoms with Gasteiger partial charge in [-0.2, -0.15) is 5.26 Å². The molecule has 1 aliphatic rings. The van der Waals surface area contributed by atoms with E-state index in [0.717, 1.165) is 26.1 Å². The molecule has 1 saturated heterocycles. The predicted octanol–water partition coefficient (Wildman–Crippen LogP) is 0.205. The molecule has 16 heavy (non-hydrogen) atoms. The molecule has 1 aliphatic heterocycles. The number of amides is 1. The standard InChI is InChI=1S/C10H18N4O.CH4/c11-8-10(13)3-6-14(7-4-10)5-1-2-9(12)15;/h1-7,13H2,(H2,12,15);1H4. The summed E-state index contributed by atoms with van der Waals surface area (Å²) in [7, 11) is 0. The zero-order chi connectivity index (χ0) is 11.3. The predicted molar refractivity (Wildman–Crippen MR) is 63.4 cm³/mol. The highest BCUT2D eigenvalue weighted by Gasteiger charge is 2.29. The lowest BCUT2D eigenvalue weighted by molar-refractivity contribution is -0.118. The van der Waals surface area contributed by atoms with Gasteiger partial charge in [0.1, 0.15) is 5.54 Å². The highest BCUT2D eigenvalue weighted by Crippen LogP contribution is 2.18. The molecule has 1 rings (SSSR count). The van der Waals surface area contributed by atoms with Crippen LogP contribution in [0.1, 0.15) is 33.1 Å². The Morgan fingerprint density at radius 2 is 2.00 bits per heavy atom. The Labute approximate surface area is 97.4 Å². The summed E-state index contributed by atoms with van der Waals surface area (Å²) in [5, 5.41) is 8.83. The Morgan fingerprint density at radius 3 is 2.44 bits per heavy atom. The van der Waals surface area contributed by atoms with Gasteiger partial charge in [0, 0.05) is 19.5 Å². The number of nitrogens with two attached hydrogens (primary N) is 2. The van der Waals surface area contributed by atoms with Gasteiger partial charge < -0.3 is 16.4 Å². The van der Waals surface area contributed by atoms with E-state index in [9.17, 15) is 4.79 Å². The fourth-order valence-corrected chi connectivity index (χ4v) is 1.76. The third-order valence-corrected chi connectivity index (χ3v) is 2.87. The van der Waals surface area contributed by atoms with Gasteiger partial charge in [0.25, 0.3) is 0 Å². The maximum Gasteiger partial charge on any atom is 0.217 e. The third kappa shape index (κ3) is 4.60. The van der Waals surface area contributed by atoms with E-state index >= 15 is 0 Å². The molecule has 1 fully saturated rings. The first-order valence-corrected chi connectivity index (χ1v) is 5.26. The van der Waals surface area contributed by atoms with Crippen molar-refractivity contribution in [3.63, 3.8) is 0 Å². The van der Waals surface area contributed by atoms with Crippen LogP contribution in [0.3, 0.4) is 0 Å². The lowest BCUT2D eigenvalue weighted by atomic mass is 9.90. The molecule has 0 aliphatic carbocycles. The van der Waals surface area contributed by atoms with E-state index in [1.807, 2.05) is 0 Å².